The van der Waals surface area contributed by atoms with Gasteiger partial charge in [-0.05, 0) is 30.5 Å². The number of hydrogen-bond acceptors (Lipinski definition) is 3. The Hall–Kier alpha value is -1.71. The number of carbonyl (C=O) groups is 1. The molecule has 0 atom stereocenters. The number of rotatable bonds is 5. The van der Waals surface area contributed by atoms with Crippen LogP contribution in [0.15, 0.2) is 18.2 Å². The quantitative estimate of drug-likeness (QED) is 0.714. The molecule has 0 heterocycles. The number of nitrogens with two attached hydrogens (primary N) is 1. The van der Waals surface area contributed by atoms with Crippen molar-refractivity contribution in [2.45, 2.75) is 32.1 Å². The summed E-state index contributed by atoms with van der Waals surface area (Å²) in [7, 11) is 1.63. The van der Waals surface area contributed by atoms with Gasteiger partial charge in [-0.25, -0.2) is 0 Å². The molecule has 104 valence electrons. The fourth-order valence-corrected chi connectivity index (χ4v) is 2.70. The Labute approximate surface area is 114 Å². The van der Waals surface area contributed by atoms with E-state index >= 15 is 0 Å². The molecule has 0 aliphatic heterocycles. The second-order valence-electron chi connectivity index (χ2n) is 5.25. The Kier molecular flexibility index (Phi) is 4.66. The molecule has 0 radical (unpaired) electrons. The second kappa shape index (κ2) is 6.45. The minimum absolute atomic E-state index is 0.0844. The van der Waals surface area contributed by atoms with Crippen molar-refractivity contribution in [1.82, 2.24) is 5.32 Å². The van der Waals surface area contributed by atoms with Crippen LogP contribution in [0.3, 0.4) is 0 Å². The summed E-state index contributed by atoms with van der Waals surface area (Å²) in [5.74, 6) is 0.773. The largest absolute Gasteiger partial charge is 0.397 e. The Morgan fingerprint density at radius 3 is 2.79 bits per heavy atom. The van der Waals surface area contributed by atoms with Crippen molar-refractivity contribution in [1.29, 1.82) is 0 Å². The van der Waals surface area contributed by atoms with Gasteiger partial charge in [0.25, 0.3) is 5.91 Å². The first-order valence-corrected chi connectivity index (χ1v) is 7.06. The zero-order chi connectivity index (χ0) is 13.7. The number of nitrogen functional groups attached to an aromatic ring is 1. The topological polar surface area (TPSA) is 67.2 Å². The van der Waals surface area contributed by atoms with Crippen molar-refractivity contribution >= 4 is 17.3 Å². The van der Waals surface area contributed by atoms with E-state index in [9.17, 15) is 4.79 Å². The minimum atomic E-state index is -0.0844. The lowest BCUT2D eigenvalue weighted by Crippen LogP contribution is -2.18. The van der Waals surface area contributed by atoms with Crippen LogP contribution >= 0.6 is 0 Å². The first-order chi connectivity index (χ1) is 9.20. The third-order valence-corrected chi connectivity index (χ3v) is 3.89. The predicted octanol–water partition coefficient (Wildman–Crippen LogP) is 2.62. The predicted molar refractivity (Wildman–Crippen MR) is 79.3 cm³/mol. The normalized spacial score (nSPS) is 15.4. The van der Waals surface area contributed by atoms with Crippen molar-refractivity contribution in [3.8, 4) is 0 Å². The zero-order valence-electron chi connectivity index (χ0n) is 11.5. The molecule has 0 bridgehead atoms. The van der Waals surface area contributed by atoms with Crippen LogP contribution in [0.25, 0.3) is 0 Å². The van der Waals surface area contributed by atoms with Gasteiger partial charge in [-0.15, -0.1) is 0 Å². The van der Waals surface area contributed by atoms with E-state index < -0.39 is 0 Å². The van der Waals surface area contributed by atoms with Gasteiger partial charge < -0.3 is 16.4 Å². The molecule has 19 heavy (non-hydrogen) atoms. The lowest BCUT2D eigenvalue weighted by Gasteiger charge is -2.13. The van der Waals surface area contributed by atoms with Crippen LogP contribution in [0.1, 0.15) is 42.5 Å². The Morgan fingerprint density at radius 1 is 1.37 bits per heavy atom. The van der Waals surface area contributed by atoms with Crippen LogP contribution < -0.4 is 16.4 Å². The lowest BCUT2D eigenvalue weighted by molar-refractivity contribution is 0.0963. The maximum Gasteiger partial charge on any atom is 0.251 e. The molecule has 1 aromatic rings. The highest BCUT2D eigenvalue weighted by atomic mass is 16.1. The molecule has 0 unspecified atom stereocenters. The highest BCUT2D eigenvalue weighted by molar-refractivity contribution is 5.96. The maximum absolute atomic E-state index is 11.6. The van der Waals surface area contributed by atoms with E-state index in [2.05, 4.69) is 10.6 Å². The van der Waals surface area contributed by atoms with Crippen molar-refractivity contribution in [2.24, 2.45) is 5.92 Å². The molecule has 1 amide bonds. The zero-order valence-corrected chi connectivity index (χ0v) is 11.5. The number of carbonyl (C=O) groups excluding carboxylic acids is 1. The van der Waals surface area contributed by atoms with E-state index in [1.807, 2.05) is 6.07 Å². The summed E-state index contributed by atoms with van der Waals surface area (Å²) >= 11 is 0. The molecule has 0 spiro atoms. The first kappa shape index (κ1) is 13.7. The number of nitrogens with one attached hydrogen (secondary N) is 2. The molecule has 1 aliphatic carbocycles. The van der Waals surface area contributed by atoms with E-state index in [-0.39, 0.29) is 5.91 Å². The average molecular weight is 261 g/mol. The Balaban J connectivity index is 1.92. The Bertz CT molecular complexity index is 439. The van der Waals surface area contributed by atoms with Gasteiger partial charge in [0, 0.05) is 19.2 Å². The fourth-order valence-electron chi connectivity index (χ4n) is 2.70. The van der Waals surface area contributed by atoms with Crippen molar-refractivity contribution in [2.75, 3.05) is 24.6 Å². The van der Waals surface area contributed by atoms with E-state index in [0.29, 0.717) is 11.3 Å². The highest BCUT2D eigenvalue weighted by Gasteiger charge is 2.14. The standard InChI is InChI=1S/C15H23N3O/c1-17-15(19)12-6-7-13(16)14(10-12)18-9-8-11-4-2-3-5-11/h6-7,10-11,18H,2-5,8-9,16H2,1H3,(H,17,19). The third-order valence-electron chi connectivity index (χ3n) is 3.89. The number of anilines is 2. The molecule has 2 rings (SSSR count). The summed E-state index contributed by atoms with van der Waals surface area (Å²) in [5.41, 5.74) is 8.12. The number of amides is 1. The Morgan fingerprint density at radius 2 is 2.11 bits per heavy atom. The molecule has 0 saturated heterocycles. The van der Waals surface area contributed by atoms with Gasteiger partial charge in [0.15, 0.2) is 0 Å². The van der Waals surface area contributed by atoms with Crippen LogP contribution in [-0.4, -0.2) is 19.5 Å². The smallest absolute Gasteiger partial charge is 0.251 e. The molecule has 4 N–H and O–H groups in total. The van der Waals surface area contributed by atoms with Gasteiger partial charge in [-0.1, -0.05) is 25.7 Å². The summed E-state index contributed by atoms with van der Waals surface area (Å²) in [4.78, 5) is 11.6. The van der Waals surface area contributed by atoms with Crippen molar-refractivity contribution in [3.05, 3.63) is 23.8 Å². The van der Waals surface area contributed by atoms with Crippen LogP contribution in [0.2, 0.25) is 0 Å². The average Bonchev–Trinajstić information content (AvgIpc) is 2.93. The van der Waals surface area contributed by atoms with Crippen LogP contribution in [0.4, 0.5) is 11.4 Å². The van der Waals surface area contributed by atoms with Gasteiger partial charge in [-0.3, -0.25) is 4.79 Å². The van der Waals surface area contributed by atoms with Gasteiger partial charge in [0.05, 0.1) is 11.4 Å². The van der Waals surface area contributed by atoms with Gasteiger partial charge in [-0.2, -0.15) is 0 Å². The molecular weight excluding hydrogens is 238 g/mol. The summed E-state index contributed by atoms with van der Waals surface area (Å²) in [6.07, 6.45) is 6.65. The van der Waals surface area contributed by atoms with E-state index in [1.165, 1.54) is 32.1 Å². The monoisotopic (exact) mass is 261 g/mol. The summed E-state index contributed by atoms with van der Waals surface area (Å²) < 4.78 is 0. The second-order valence-corrected chi connectivity index (χ2v) is 5.25. The van der Waals surface area contributed by atoms with E-state index in [0.717, 1.165) is 18.2 Å². The van der Waals surface area contributed by atoms with E-state index in [1.54, 1.807) is 19.2 Å². The molecule has 4 heteroatoms. The SMILES string of the molecule is CNC(=O)c1ccc(N)c(NCCC2CCCC2)c1. The first-order valence-electron chi connectivity index (χ1n) is 7.06. The van der Waals surface area contributed by atoms with Gasteiger partial charge in [0.1, 0.15) is 0 Å². The van der Waals surface area contributed by atoms with Crippen LogP contribution in [0, 0.1) is 5.92 Å². The summed E-state index contributed by atoms with van der Waals surface area (Å²) in [6.45, 7) is 0.923. The molecule has 4 nitrogen and oxygen atoms in total. The number of benzene rings is 1. The molecule has 1 fully saturated rings. The molecular formula is C15H23N3O. The van der Waals surface area contributed by atoms with Gasteiger partial charge >= 0.3 is 0 Å². The summed E-state index contributed by atoms with van der Waals surface area (Å²) in [6, 6.07) is 5.35. The molecule has 1 aliphatic rings. The molecule has 1 aromatic carbocycles. The van der Waals surface area contributed by atoms with Crippen molar-refractivity contribution < 1.29 is 4.79 Å². The lowest BCUT2D eigenvalue weighted by atomic mass is 10.0. The third kappa shape index (κ3) is 3.63. The molecule has 1 saturated carbocycles. The number of hydrogen-bond donors (Lipinski definition) is 3. The maximum atomic E-state index is 11.6. The van der Waals surface area contributed by atoms with Crippen molar-refractivity contribution in [3.63, 3.8) is 0 Å². The van der Waals surface area contributed by atoms with Crippen LogP contribution in [0.5, 0.6) is 0 Å². The fraction of sp³-hybridized carbons (Fsp3) is 0.533. The van der Waals surface area contributed by atoms with Gasteiger partial charge in [0.2, 0.25) is 0 Å². The molecule has 0 aromatic heterocycles. The van der Waals surface area contributed by atoms with Crippen LogP contribution in [-0.2, 0) is 0 Å². The minimum Gasteiger partial charge on any atom is -0.397 e. The van der Waals surface area contributed by atoms with E-state index in [4.69, 9.17) is 5.73 Å². The highest BCUT2D eigenvalue weighted by Crippen LogP contribution is 2.28. The summed E-state index contributed by atoms with van der Waals surface area (Å²) in [5, 5.41) is 5.98.